The topological polar surface area (TPSA) is 46.9 Å². The van der Waals surface area contributed by atoms with Crippen LogP contribution in [0.15, 0.2) is 59.8 Å². The molecular weight excluding hydrogens is 294 g/mol. The van der Waals surface area contributed by atoms with Gasteiger partial charge in [-0.15, -0.1) is 0 Å². The third-order valence-corrected chi connectivity index (χ3v) is 4.20. The molecule has 0 fully saturated rings. The number of nitrogens with zero attached hydrogens (tertiary/aromatic N) is 2. The highest BCUT2D eigenvalue weighted by Crippen LogP contribution is 2.14. The number of aromatic nitrogens is 2. The van der Waals surface area contributed by atoms with Crippen LogP contribution in [0.1, 0.15) is 17.5 Å². The first-order valence-electron chi connectivity index (χ1n) is 7.17. The molecule has 4 nitrogen and oxygen atoms in total. The predicted molar refractivity (Wildman–Crippen MR) is 88.1 cm³/mol. The van der Waals surface area contributed by atoms with Crippen molar-refractivity contribution in [1.82, 2.24) is 14.9 Å². The molecule has 0 aliphatic carbocycles. The minimum Gasteiger partial charge on any atom is -0.352 e. The molecule has 1 aromatic carbocycles. The van der Waals surface area contributed by atoms with Gasteiger partial charge in [-0.2, -0.15) is 11.3 Å². The van der Waals surface area contributed by atoms with Crippen molar-refractivity contribution in [3.05, 3.63) is 70.9 Å². The minimum atomic E-state index is 0.0756. The summed E-state index contributed by atoms with van der Waals surface area (Å²) in [6, 6.07) is 10.1. The molecule has 0 bridgehead atoms. The van der Waals surface area contributed by atoms with E-state index < -0.39 is 0 Å². The first-order chi connectivity index (χ1) is 10.8. The molecule has 0 aliphatic rings. The average molecular weight is 311 g/mol. The Hall–Kier alpha value is -2.40. The second-order valence-electron chi connectivity index (χ2n) is 5.01. The highest BCUT2D eigenvalue weighted by molar-refractivity contribution is 7.07. The molecule has 3 aromatic rings. The molecule has 0 spiro atoms. The number of imidazole rings is 1. The van der Waals surface area contributed by atoms with E-state index in [1.165, 1.54) is 5.56 Å². The lowest BCUT2D eigenvalue weighted by atomic mass is 10.1. The number of aryl methyl sites for hydroxylation is 1. The van der Waals surface area contributed by atoms with Gasteiger partial charge in [-0.05, 0) is 40.4 Å². The van der Waals surface area contributed by atoms with Crippen LogP contribution in [0.4, 0.5) is 0 Å². The quantitative estimate of drug-likeness (QED) is 0.760. The molecule has 22 heavy (non-hydrogen) atoms. The standard InChI is InChI=1S/C17H17N3OS/c21-17(6-5-14-7-10-22-12-14)19-11-15-3-1-2-4-16(15)20-9-8-18-13-20/h1-4,7-10,12-13H,5-6,11H2,(H,19,21). The van der Waals surface area contributed by atoms with Crippen molar-refractivity contribution in [3.63, 3.8) is 0 Å². The van der Waals surface area contributed by atoms with E-state index in [2.05, 4.69) is 21.7 Å². The lowest BCUT2D eigenvalue weighted by molar-refractivity contribution is -0.121. The van der Waals surface area contributed by atoms with E-state index in [0.717, 1.165) is 17.7 Å². The summed E-state index contributed by atoms with van der Waals surface area (Å²) in [6.45, 7) is 0.525. The fraction of sp³-hybridized carbons (Fsp3) is 0.176. The SMILES string of the molecule is O=C(CCc1ccsc1)NCc1ccccc1-n1ccnc1. The van der Waals surface area contributed by atoms with Gasteiger partial charge in [0.25, 0.3) is 0 Å². The number of benzene rings is 1. The number of nitrogens with one attached hydrogen (secondary N) is 1. The van der Waals surface area contributed by atoms with Gasteiger partial charge < -0.3 is 9.88 Å². The van der Waals surface area contributed by atoms with E-state index in [1.54, 1.807) is 23.9 Å². The Labute approximate surface area is 133 Å². The number of amides is 1. The van der Waals surface area contributed by atoms with Gasteiger partial charge in [0.05, 0.1) is 12.0 Å². The van der Waals surface area contributed by atoms with Crippen molar-refractivity contribution in [2.45, 2.75) is 19.4 Å². The molecule has 0 radical (unpaired) electrons. The zero-order valence-corrected chi connectivity index (χ0v) is 12.9. The van der Waals surface area contributed by atoms with Gasteiger partial charge in [0, 0.05) is 25.4 Å². The summed E-state index contributed by atoms with van der Waals surface area (Å²) in [5, 5.41) is 7.12. The lowest BCUT2D eigenvalue weighted by Gasteiger charge is -2.11. The number of hydrogen-bond acceptors (Lipinski definition) is 3. The smallest absolute Gasteiger partial charge is 0.220 e. The van der Waals surface area contributed by atoms with Crippen LogP contribution >= 0.6 is 11.3 Å². The molecule has 3 rings (SSSR count). The van der Waals surface area contributed by atoms with Crippen molar-refractivity contribution in [3.8, 4) is 5.69 Å². The number of carbonyl (C=O) groups is 1. The van der Waals surface area contributed by atoms with Crippen LogP contribution < -0.4 is 5.32 Å². The Bertz CT molecular complexity index is 720. The van der Waals surface area contributed by atoms with E-state index in [1.807, 2.05) is 40.4 Å². The molecule has 0 aliphatic heterocycles. The highest BCUT2D eigenvalue weighted by Gasteiger charge is 2.06. The Morgan fingerprint density at radius 3 is 2.95 bits per heavy atom. The summed E-state index contributed by atoms with van der Waals surface area (Å²) in [4.78, 5) is 16.1. The highest BCUT2D eigenvalue weighted by atomic mass is 32.1. The molecule has 0 saturated carbocycles. The summed E-state index contributed by atoms with van der Waals surface area (Å²) >= 11 is 1.66. The molecule has 1 amide bonds. The van der Waals surface area contributed by atoms with Gasteiger partial charge in [0.15, 0.2) is 0 Å². The molecular formula is C17H17N3OS. The zero-order valence-electron chi connectivity index (χ0n) is 12.1. The fourth-order valence-corrected chi connectivity index (χ4v) is 2.99. The Balaban J connectivity index is 1.58. The molecule has 5 heteroatoms. The van der Waals surface area contributed by atoms with Crippen molar-refractivity contribution >= 4 is 17.2 Å². The maximum atomic E-state index is 12.0. The lowest BCUT2D eigenvalue weighted by Crippen LogP contribution is -2.23. The van der Waals surface area contributed by atoms with Crippen LogP contribution in [0.2, 0.25) is 0 Å². The average Bonchev–Trinajstić information content (AvgIpc) is 3.24. The second kappa shape index (κ2) is 7.04. The summed E-state index contributed by atoms with van der Waals surface area (Å²) in [7, 11) is 0. The molecule has 112 valence electrons. The van der Waals surface area contributed by atoms with Gasteiger partial charge in [0.1, 0.15) is 0 Å². The molecule has 2 aromatic heterocycles. The monoisotopic (exact) mass is 311 g/mol. The maximum Gasteiger partial charge on any atom is 0.220 e. The van der Waals surface area contributed by atoms with Crippen molar-refractivity contribution in [2.24, 2.45) is 0 Å². The summed E-state index contributed by atoms with van der Waals surface area (Å²) in [5.74, 6) is 0.0756. The normalized spacial score (nSPS) is 10.5. The largest absolute Gasteiger partial charge is 0.352 e. The number of rotatable bonds is 6. The first kappa shape index (κ1) is 14.5. The fourth-order valence-electron chi connectivity index (χ4n) is 2.29. The Morgan fingerprint density at radius 2 is 2.18 bits per heavy atom. The molecule has 2 heterocycles. The molecule has 0 unspecified atom stereocenters. The number of para-hydroxylation sites is 1. The van der Waals surface area contributed by atoms with Crippen LogP contribution in [0.25, 0.3) is 5.69 Å². The second-order valence-corrected chi connectivity index (χ2v) is 5.79. The van der Waals surface area contributed by atoms with Crippen LogP contribution in [-0.2, 0) is 17.8 Å². The van der Waals surface area contributed by atoms with Crippen LogP contribution in [0.5, 0.6) is 0 Å². The number of thiophene rings is 1. The number of hydrogen-bond donors (Lipinski definition) is 1. The Morgan fingerprint density at radius 1 is 1.27 bits per heavy atom. The van der Waals surface area contributed by atoms with E-state index in [9.17, 15) is 4.79 Å². The maximum absolute atomic E-state index is 12.0. The summed E-state index contributed by atoms with van der Waals surface area (Å²) < 4.78 is 1.95. The van der Waals surface area contributed by atoms with Crippen LogP contribution in [-0.4, -0.2) is 15.5 Å². The van der Waals surface area contributed by atoms with E-state index in [0.29, 0.717) is 13.0 Å². The van der Waals surface area contributed by atoms with E-state index >= 15 is 0 Å². The van der Waals surface area contributed by atoms with Gasteiger partial charge in [-0.3, -0.25) is 4.79 Å². The predicted octanol–water partition coefficient (Wildman–Crippen LogP) is 3.18. The molecule has 0 atom stereocenters. The minimum absolute atomic E-state index is 0.0756. The molecule has 1 N–H and O–H groups in total. The molecule has 0 saturated heterocycles. The van der Waals surface area contributed by atoms with Crippen molar-refractivity contribution in [1.29, 1.82) is 0 Å². The van der Waals surface area contributed by atoms with Crippen LogP contribution in [0, 0.1) is 0 Å². The van der Waals surface area contributed by atoms with Crippen LogP contribution in [0.3, 0.4) is 0 Å². The van der Waals surface area contributed by atoms with Crippen molar-refractivity contribution in [2.75, 3.05) is 0 Å². The van der Waals surface area contributed by atoms with Gasteiger partial charge in [-0.25, -0.2) is 4.98 Å². The number of carbonyl (C=O) groups excluding carboxylic acids is 1. The van der Waals surface area contributed by atoms with E-state index in [-0.39, 0.29) is 5.91 Å². The first-order valence-corrected chi connectivity index (χ1v) is 8.11. The Kier molecular flexibility index (Phi) is 4.65. The van der Waals surface area contributed by atoms with Crippen molar-refractivity contribution < 1.29 is 4.79 Å². The summed E-state index contributed by atoms with van der Waals surface area (Å²) in [6.07, 6.45) is 6.72. The third-order valence-electron chi connectivity index (χ3n) is 3.47. The van der Waals surface area contributed by atoms with Gasteiger partial charge in [-0.1, -0.05) is 18.2 Å². The van der Waals surface area contributed by atoms with Gasteiger partial charge >= 0.3 is 0 Å². The summed E-state index contributed by atoms with van der Waals surface area (Å²) in [5.41, 5.74) is 3.33. The zero-order chi connectivity index (χ0) is 15.2. The van der Waals surface area contributed by atoms with E-state index in [4.69, 9.17) is 0 Å². The van der Waals surface area contributed by atoms with Gasteiger partial charge in [0.2, 0.25) is 5.91 Å². The third kappa shape index (κ3) is 3.62.